The molecule has 1 aliphatic rings. The molecule has 0 saturated carbocycles. The Bertz CT molecular complexity index is 1080. The van der Waals surface area contributed by atoms with Crippen LogP contribution in [0.3, 0.4) is 0 Å². The standard InChI is InChI=1S/C27H32Cl3N3O4/c1-2-37-27(36)24-11-6-14-33(24)26(35)23(31-25(34)21-9-3-4-10-22(21)30)18-19-7-5-8-20(17-19)32(15-12-28)16-13-29/h3-5,7-10,17,23-24H,2,6,11-16,18H2,1H3,(H,31,34). The number of hydrogen-bond acceptors (Lipinski definition) is 5. The van der Waals surface area contributed by atoms with Crippen molar-refractivity contribution in [1.29, 1.82) is 0 Å². The first-order valence-electron chi connectivity index (χ1n) is 12.4. The minimum Gasteiger partial charge on any atom is -0.464 e. The third-order valence-electron chi connectivity index (χ3n) is 6.24. The lowest BCUT2D eigenvalue weighted by molar-refractivity contribution is -0.153. The fourth-order valence-corrected chi connectivity index (χ4v) is 5.12. The molecule has 2 atom stereocenters. The van der Waals surface area contributed by atoms with Crippen molar-refractivity contribution in [1.82, 2.24) is 10.2 Å². The molecule has 2 amide bonds. The summed E-state index contributed by atoms with van der Waals surface area (Å²) in [5.41, 5.74) is 2.04. The van der Waals surface area contributed by atoms with E-state index >= 15 is 0 Å². The lowest BCUT2D eigenvalue weighted by atomic mass is 10.0. The number of carbonyl (C=O) groups excluding carboxylic acids is 3. The number of anilines is 1. The van der Waals surface area contributed by atoms with Crippen molar-refractivity contribution in [3.8, 4) is 0 Å². The molecule has 3 rings (SSSR count). The van der Waals surface area contributed by atoms with Crippen molar-refractivity contribution in [3.05, 3.63) is 64.7 Å². The Balaban J connectivity index is 1.89. The summed E-state index contributed by atoms with van der Waals surface area (Å²) in [6.07, 6.45) is 1.43. The van der Waals surface area contributed by atoms with Crippen molar-refractivity contribution >= 4 is 58.3 Å². The van der Waals surface area contributed by atoms with E-state index in [0.29, 0.717) is 44.2 Å². The predicted octanol–water partition coefficient (Wildman–Crippen LogP) is 4.52. The van der Waals surface area contributed by atoms with Crippen LogP contribution in [0.2, 0.25) is 5.02 Å². The topological polar surface area (TPSA) is 79.0 Å². The molecular weight excluding hydrogens is 537 g/mol. The normalized spacial score (nSPS) is 15.8. The second-order valence-corrected chi connectivity index (χ2v) is 9.85. The molecule has 2 aromatic carbocycles. The fraction of sp³-hybridized carbons (Fsp3) is 0.444. The minimum absolute atomic E-state index is 0.227. The number of likely N-dealkylation sites (tertiary alicyclic amines) is 1. The summed E-state index contributed by atoms with van der Waals surface area (Å²) < 4.78 is 5.19. The van der Waals surface area contributed by atoms with Crippen LogP contribution in [-0.2, 0) is 20.7 Å². The van der Waals surface area contributed by atoms with Crippen LogP contribution in [0.15, 0.2) is 48.5 Å². The Labute approximate surface area is 233 Å². The van der Waals surface area contributed by atoms with Gasteiger partial charge in [0.1, 0.15) is 12.1 Å². The molecule has 0 aliphatic carbocycles. The molecule has 0 aromatic heterocycles. The van der Waals surface area contributed by atoms with Gasteiger partial charge in [-0.2, -0.15) is 0 Å². The lowest BCUT2D eigenvalue weighted by Crippen LogP contribution is -2.52. The maximum atomic E-state index is 13.8. The third-order valence-corrected chi connectivity index (χ3v) is 6.91. The average molecular weight is 569 g/mol. The number of halogens is 3. The number of nitrogens with one attached hydrogen (secondary N) is 1. The maximum absolute atomic E-state index is 13.8. The number of carbonyl (C=O) groups is 3. The third kappa shape index (κ3) is 7.76. The monoisotopic (exact) mass is 567 g/mol. The molecule has 200 valence electrons. The fourth-order valence-electron chi connectivity index (χ4n) is 4.49. The Hall–Kier alpha value is -2.48. The first-order valence-corrected chi connectivity index (χ1v) is 13.8. The van der Waals surface area contributed by atoms with E-state index in [1.165, 1.54) is 4.90 Å². The molecule has 1 heterocycles. The smallest absolute Gasteiger partial charge is 0.328 e. The van der Waals surface area contributed by atoms with Crippen LogP contribution in [0.25, 0.3) is 0 Å². The van der Waals surface area contributed by atoms with Crippen LogP contribution in [0.4, 0.5) is 5.69 Å². The number of hydrogen-bond donors (Lipinski definition) is 1. The Morgan fingerprint density at radius 2 is 1.84 bits per heavy atom. The van der Waals surface area contributed by atoms with E-state index in [-0.39, 0.29) is 29.5 Å². The molecule has 37 heavy (non-hydrogen) atoms. The molecule has 1 aliphatic heterocycles. The number of amides is 2. The number of nitrogens with zero attached hydrogens (tertiary/aromatic N) is 2. The second-order valence-electron chi connectivity index (χ2n) is 8.69. The van der Waals surface area contributed by atoms with Gasteiger partial charge in [-0.05, 0) is 49.6 Å². The molecule has 2 aromatic rings. The maximum Gasteiger partial charge on any atom is 0.328 e. The molecular formula is C27H32Cl3N3O4. The van der Waals surface area contributed by atoms with E-state index in [1.54, 1.807) is 31.2 Å². The van der Waals surface area contributed by atoms with E-state index in [0.717, 1.165) is 11.3 Å². The first-order chi connectivity index (χ1) is 17.9. The molecule has 0 radical (unpaired) electrons. The zero-order chi connectivity index (χ0) is 26.8. The van der Waals surface area contributed by atoms with Crippen molar-refractivity contribution in [3.63, 3.8) is 0 Å². The van der Waals surface area contributed by atoms with Crippen LogP contribution in [0.1, 0.15) is 35.7 Å². The molecule has 1 fully saturated rings. The summed E-state index contributed by atoms with van der Waals surface area (Å²) in [7, 11) is 0. The van der Waals surface area contributed by atoms with Gasteiger partial charge in [0.05, 0.1) is 17.2 Å². The summed E-state index contributed by atoms with van der Waals surface area (Å²) in [6, 6.07) is 12.8. The SMILES string of the molecule is CCOC(=O)C1CCCN1C(=O)C(Cc1cccc(N(CCCl)CCCl)c1)NC(=O)c1ccccc1Cl. The van der Waals surface area contributed by atoms with Gasteiger partial charge in [-0.15, -0.1) is 23.2 Å². The Morgan fingerprint density at radius 1 is 1.11 bits per heavy atom. The van der Waals surface area contributed by atoms with Gasteiger partial charge in [-0.25, -0.2) is 4.79 Å². The lowest BCUT2D eigenvalue weighted by Gasteiger charge is -2.29. The molecule has 0 bridgehead atoms. The van der Waals surface area contributed by atoms with Crippen LogP contribution in [0.5, 0.6) is 0 Å². The zero-order valence-corrected chi connectivity index (χ0v) is 23.1. The minimum atomic E-state index is -0.913. The van der Waals surface area contributed by atoms with Crippen LogP contribution >= 0.6 is 34.8 Å². The number of ether oxygens (including phenoxy) is 1. The van der Waals surface area contributed by atoms with E-state index in [9.17, 15) is 14.4 Å². The summed E-state index contributed by atoms with van der Waals surface area (Å²) >= 11 is 18.2. The summed E-state index contributed by atoms with van der Waals surface area (Å²) in [5, 5.41) is 3.16. The predicted molar refractivity (Wildman–Crippen MR) is 148 cm³/mol. The number of alkyl halides is 2. The van der Waals surface area contributed by atoms with E-state index < -0.39 is 24.0 Å². The second kappa shape index (κ2) is 14.5. The quantitative estimate of drug-likeness (QED) is 0.301. The van der Waals surface area contributed by atoms with Crippen LogP contribution in [-0.4, -0.2) is 72.8 Å². The molecule has 0 spiro atoms. The highest BCUT2D eigenvalue weighted by Gasteiger charge is 2.38. The van der Waals surface area contributed by atoms with Gasteiger partial charge < -0.3 is 19.9 Å². The highest BCUT2D eigenvalue weighted by Crippen LogP contribution is 2.23. The molecule has 2 unspecified atom stereocenters. The molecule has 7 nitrogen and oxygen atoms in total. The van der Waals surface area contributed by atoms with Gasteiger partial charge in [0.15, 0.2) is 0 Å². The highest BCUT2D eigenvalue weighted by molar-refractivity contribution is 6.33. The molecule has 1 N–H and O–H groups in total. The Kier molecular flexibility index (Phi) is 11.4. The zero-order valence-electron chi connectivity index (χ0n) is 20.8. The van der Waals surface area contributed by atoms with Gasteiger partial charge in [-0.3, -0.25) is 9.59 Å². The summed E-state index contributed by atoms with van der Waals surface area (Å²) in [5.74, 6) is -0.331. The largest absolute Gasteiger partial charge is 0.464 e. The molecule has 1 saturated heterocycles. The van der Waals surface area contributed by atoms with Gasteiger partial charge >= 0.3 is 5.97 Å². The van der Waals surface area contributed by atoms with Crippen molar-refractivity contribution in [2.75, 3.05) is 42.9 Å². The summed E-state index contributed by atoms with van der Waals surface area (Å²) in [4.78, 5) is 43.0. The Morgan fingerprint density at radius 3 is 2.51 bits per heavy atom. The van der Waals surface area contributed by atoms with Gasteiger partial charge in [0.2, 0.25) is 5.91 Å². The van der Waals surface area contributed by atoms with Gasteiger partial charge in [0, 0.05) is 43.5 Å². The van der Waals surface area contributed by atoms with Crippen LogP contribution in [0, 0.1) is 0 Å². The first kappa shape index (κ1) is 29.1. The van der Waals surface area contributed by atoms with E-state index in [4.69, 9.17) is 39.5 Å². The van der Waals surface area contributed by atoms with Crippen molar-refractivity contribution in [2.45, 2.75) is 38.3 Å². The average Bonchev–Trinajstić information content (AvgIpc) is 3.38. The van der Waals surface area contributed by atoms with Crippen molar-refractivity contribution < 1.29 is 19.1 Å². The molecule has 10 heteroatoms. The van der Waals surface area contributed by atoms with Gasteiger partial charge in [-0.1, -0.05) is 35.9 Å². The van der Waals surface area contributed by atoms with Crippen molar-refractivity contribution in [2.24, 2.45) is 0 Å². The van der Waals surface area contributed by atoms with Crippen LogP contribution < -0.4 is 10.2 Å². The van der Waals surface area contributed by atoms with E-state index in [2.05, 4.69) is 10.2 Å². The highest BCUT2D eigenvalue weighted by atomic mass is 35.5. The van der Waals surface area contributed by atoms with E-state index in [1.807, 2.05) is 24.3 Å². The number of rotatable bonds is 12. The number of benzene rings is 2. The van der Waals surface area contributed by atoms with Gasteiger partial charge in [0.25, 0.3) is 5.91 Å². The summed E-state index contributed by atoms with van der Waals surface area (Å²) in [6.45, 7) is 3.63. The number of esters is 1.